The Hall–Kier alpha value is -1.00. The molecule has 1 heterocycles. The van der Waals surface area contributed by atoms with Crippen molar-refractivity contribution in [2.75, 3.05) is 0 Å². The van der Waals surface area contributed by atoms with Crippen LogP contribution in [-0.2, 0) is 7.05 Å². The maximum absolute atomic E-state index is 12.0. The Morgan fingerprint density at radius 1 is 1.53 bits per heavy atom. The highest BCUT2D eigenvalue weighted by atomic mass is 35.5. The second kappa shape index (κ2) is 5.10. The molecular weight excluding hydrogens is 238 g/mol. The molecule has 0 aliphatic heterocycles. The highest BCUT2D eigenvalue weighted by Crippen LogP contribution is 2.18. The SMILES string of the molecule is Cn1cc(Cl)cc1C(=O)NC1CCCCC1N. The van der Waals surface area contributed by atoms with Crippen LogP contribution in [0, 0.1) is 0 Å². The summed E-state index contributed by atoms with van der Waals surface area (Å²) < 4.78 is 1.73. The van der Waals surface area contributed by atoms with Gasteiger partial charge in [0.05, 0.1) is 5.02 Å². The molecule has 1 fully saturated rings. The molecule has 1 aromatic heterocycles. The van der Waals surface area contributed by atoms with Gasteiger partial charge in [0.1, 0.15) is 5.69 Å². The topological polar surface area (TPSA) is 60.0 Å². The third-order valence-electron chi connectivity index (χ3n) is 3.34. The van der Waals surface area contributed by atoms with E-state index in [-0.39, 0.29) is 18.0 Å². The molecule has 17 heavy (non-hydrogen) atoms. The van der Waals surface area contributed by atoms with Crippen molar-refractivity contribution in [3.63, 3.8) is 0 Å². The van der Waals surface area contributed by atoms with E-state index >= 15 is 0 Å². The third kappa shape index (κ3) is 2.82. The van der Waals surface area contributed by atoms with Gasteiger partial charge in [0.25, 0.3) is 5.91 Å². The van der Waals surface area contributed by atoms with Gasteiger partial charge < -0.3 is 15.6 Å². The average molecular weight is 256 g/mol. The number of hydrogen-bond acceptors (Lipinski definition) is 2. The van der Waals surface area contributed by atoms with Gasteiger partial charge >= 0.3 is 0 Å². The fraction of sp³-hybridized carbons (Fsp3) is 0.583. The molecule has 0 bridgehead atoms. The Morgan fingerprint density at radius 2 is 2.24 bits per heavy atom. The van der Waals surface area contributed by atoms with Gasteiger partial charge in [-0.05, 0) is 18.9 Å². The largest absolute Gasteiger partial charge is 0.346 e. The zero-order valence-electron chi connectivity index (χ0n) is 9.95. The molecule has 5 heteroatoms. The second-order valence-electron chi connectivity index (χ2n) is 4.68. The molecule has 1 aromatic rings. The molecule has 1 aliphatic rings. The lowest BCUT2D eigenvalue weighted by atomic mass is 9.91. The van der Waals surface area contributed by atoms with Crippen LogP contribution < -0.4 is 11.1 Å². The molecule has 4 nitrogen and oxygen atoms in total. The van der Waals surface area contributed by atoms with Gasteiger partial charge in [-0.1, -0.05) is 24.4 Å². The first-order valence-electron chi connectivity index (χ1n) is 5.96. The van der Waals surface area contributed by atoms with Crippen LogP contribution in [0.15, 0.2) is 12.3 Å². The van der Waals surface area contributed by atoms with Gasteiger partial charge in [-0.25, -0.2) is 0 Å². The Labute approximate surface area is 106 Å². The average Bonchev–Trinajstić information content (AvgIpc) is 2.61. The van der Waals surface area contributed by atoms with Crippen LogP contribution in [0.2, 0.25) is 5.02 Å². The quantitative estimate of drug-likeness (QED) is 0.845. The number of carbonyl (C=O) groups is 1. The lowest BCUT2D eigenvalue weighted by Gasteiger charge is -2.29. The lowest BCUT2D eigenvalue weighted by Crippen LogP contribution is -2.49. The van der Waals surface area contributed by atoms with Crippen molar-refractivity contribution < 1.29 is 4.79 Å². The first-order valence-corrected chi connectivity index (χ1v) is 6.34. The van der Waals surface area contributed by atoms with Crippen molar-refractivity contribution in [1.29, 1.82) is 0 Å². The minimum absolute atomic E-state index is 0.0726. The van der Waals surface area contributed by atoms with E-state index in [1.807, 2.05) is 7.05 Å². The lowest BCUT2D eigenvalue weighted by molar-refractivity contribution is 0.0913. The monoisotopic (exact) mass is 255 g/mol. The fourth-order valence-corrected chi connectivity index (χ4v) is 2.58. The van der Waals surface area contributed by atoms with E-state index in [1.165, 1.54) is 0 Å². The Morgan fingerprint density at radius 3 is 2.82 bits per heavy atom. The van der Waals surface area contributed by atoms with Crippen molar-refractivity contribution in [3.8, 4) is 0 Å². The molecule has 3 N–H and O–H groups in total. The van der Waals surface area contributed by atoms with Crippen LogP contribution >= 0.6 is 11.6 Å². The molecule has 2 rings (SSSR count). The first kappa shape index (κ1) is 12.5. The zero-order chi connectivity index (χ0) is 12.4. The molecule has 0 aromatic carbocycles. The van der Waals surface area contributed by atoms with Crippen LogP contribution in [-0.4, -0.2) is 22.6 Å². The van der Waals surface area contributed by atoms with Gasteiger partial charge in [0.15, 0.2) is 0 Å². The standard InChI is InChI=1S/C12H18ClN3O/c1-16-7-8(13)6-11(16)12(17)15-10-5-3-2-4-9(10)14/h6-7,9-10H,2-5,14H2,1H3,(H,15,17). The van der Waals surface area contributed by atoms with E-state index in [9.17, 15) is 4.79 Å². The predicted octanol–water partition coefficient (Wildman–Crippen LogP) is 1.68. The van der Waals surface area contributed by atoms with Crippen molar-refractivity contribution >= 4 is 17.5 Å². The van der Waals surface area contributed by atoms with E-state index in [2.05, 4.69) is 5.32 Å². The molecule has 2 atom stereocenters. The van der Waals surface area contributed by atoms with Crippen LogP contribution in [0.25, 0.3) is 0 Å². The highest BCUT2D eigenvalue weighted by Gasteiger charge is 2.24. The summed E-state index contributed by atoms with van der Waals surface area (Å²) in [6.45, 7) is 0. The first-order chi connectivity index (χ1) is 8.08. The van der Waals surface area contributed by atoms with Crippen LogP contribution in [0.1, 0.15) is 36.2 Å². The van der Waals surface area contributed by atoms with Crippen LogP contribution in [0.4, 0.5) is 0 Å². The number of aromatic nitrogens is 1. The fourth-order valence-electron chi connectivity index (χ4n) is 2.33. The number of aryl methyl sites for hydroxylation is 1. The normalized spacial score (nSPS) is 24.6. The summed E-state index contributed by atoms with van der Waals surface area (Å²) in [5, 5.41) is 3.57. The van der Waals surface area contributed by atoms with E-state index in [4.69, 9.17) is 17.3 Å². The van der Waals surface area contributed by atoms with Crippen LogP contribution in [0.3, 0.4) is 0 Å². The summed E-state index contributed by atoms with van der Waals surface area (Å²) in [6.07, 6.45) is 5.96. The Kier molecular flexibility index (Phi) is 3.74. The molecule has 0 spiro atoms. The summed E-state index contributed by atoms with van der Waals surface area (Å²) in [4.78, 5) is 12.0. The Bertz CT molecular complexity index is 416. The van der Waals surface area contributed by atoms with Gasteiger partial charge in [-0.15, -0.1) is 0 Å². The van der Waals surface area contributed by atoms with E-state index in [1.54, 1.807) is 16.8 Å². The summed E-state index contributed by atoms with van der Waals surface area (Å²) in [6, 6.07) is 1.83. The van der Waals surface area contributed by atoms with Gasteiger partial charge in [0.2, 0.25) is 0 Å². The van der Waals surface area contributed by atoms with E-state index in [0.29, 0.717) is 10.7 Å². The summed E-state index contributed by atoms with van der Waals surface area (Å²) in [7, 11) is 1.81. The number of carbonyl (C=O) groups excluding carboxylic acids is 1. The summed E-state index contributed by atoms with van der Waals surface area (Å²) in [5.41, 5.74) is 6.58. The van der Waals surface area contributed by atoms with Crippen molar-refractivity contribution in [2.24, 2.45) is 12.8 Å². The van der Waals surface area contributed by atoms with Crippen molar-refractivity contribution in [3.05, 3.63) is 23.0 Å². The number of rotatable bonds is 2. The van der Waals surface area contributed by atoms with Gasteiger partial charge in [0, 0.05) is 25.3 Å². The maximum atomic E-state index is 12.0. The molecule has 1 amide bonds. The molecule has 0 saturated heterocycles. The third-order valence-corrected chi connectivity index (χ3v) is 3.55. The number of hydrogen-bond donors (Lipinski definition) is 2. The van der Waals surface area contributed by atoms with Crippen molar-refractivity contribution in [2.45, 2.75) is 37.8 Å². The Balaban J connectivity index is 2.03. The maximum Gasteiger partial charge on any atom is 0.268 e. The number of halogens is 1. The smallest absolute Gasteiger partial charge is 0.268 e. The zero-order valence-corrected chi connectivity index (χ0v) is 10.7. The number of amides is 1. The number of nitrogens with two attached hydrogens (primary N) is 1. The van der Waals surface area contributed by atoms with Crippen LogP contribution in [0.5, 0.6) is 0 Å². The van der Waals surface area contributed by atoms with E-state index < -0.39 is 0 Å². The van der Waals surface area contributed by atoms with Gasteiger partial charge in [-0.3, -0.25) is 4.79 Å². The number of nitrogens with zero attached hydrogens (tertiary/aromatic N) is 1. The minimum atomic E-state index is -0.0956. The highest BCUT2D eigenvalue weighted by molar-refractivity contribution is 6.31. The summed E-state index contributed by atoms with van der Waals surface area (Å²) >= 11 is 5.86. The van der Waals surface area contributed by atoms with Gasteiger partial charge in [-0.2, -0.15) is 0 Å². The van der Waals surface area contributed by atoms with E-state index in [0.717, 1.165) is 25.7 Å². The molecule has 94 valence electrons. The summed E-state index contributed by atoms with van der Waals surface area (Å²) in [5.74, 6) is -0.0956. The molecular formula is C12H18ClN3O. The molecule has 2 unspecified atom stereocenters. The molecule has 1 aliphatic carbocycles. The molecule has 0 radical (unpaired) electrons. The van der Waals surface area contributed by atoms with Crippen molar-refractivity contribution in [1.82, 2.24) is 9.88 Å². The second-order valence-corrected chi connectivity index (χ2v) is 5.12. The minimum Gasteiger partial charge on any atom is -0.346 e. The molecule has 1 saturated carbocycles. The predicted molar refractivity (Wildman–Crippen MR) is 68.1 cm³/mol. The number of nitrogens with one attached hydrogen (secondary N) is 1.